The van der Waals surface area contributed by atoms with Crippen LogP contribution in [0.25, 0.3) is 0 Å². The van der Waals surface area contributed by atoms with Crippen LogP contribution >= 0.6 is 0 Å². The lowest BCUT2D eigenvalue weighted by molar-refractivity contribution is -0.135. The summed E-state index contributed by atoms with van der Waals surface area (Å²) in [5, 5.41) is 0. The Kier molecular flexibility index (Phi) is 10.7. The van der Waals surface area contributed by atoms with Crippen molar-refractivity contribution in [3.8, 4) is 0 Å². The molecule has 0 amide bonds. The topological polar surface area (TPSA) is 52.6 Å². The quantitative estimate of drug-likeness (QED) is 0.379. The second kappa shape index (κ2) is 10.2. The molecule has 0 heterocycles. The SMILES string of the molecule is C=COC(=O)C=C.C=COC(C)=O. The van der Waals surface area contributed by atoms with Crippen LogP contribution in [0.1, 0.15) is 6.92 Å². The van der Waals surface area contributed by atoms with Crippen LogP contribution in [0.5, 0.6) is 0 Å². The van der Waals surface area contributed by atoms with Gasteiger partial charge in [-0.15, -0.1) is 0 Å². The van der Waals surface area contributed by atoms with E-state index in [-0.39, 0.29) is 5.97 Å². The molecular formula is C9H12O4. The van der Waals surface area contributed by atoms with E-state index in [1.165, 1.54) is 6.92 Å². The van der Waals surface area contributed by atoms with Gasteiger partial charge in [0.15, 0.2) is 0 Å². The Bertz CT molecular complexity index is 206. The molecule has 4 nitrogen and oxygen atoms in total. The largest absolute Gasteiger partial charge is 0.435 e. The molecule has 0 radical (unpaired) electrons. The van der Waals surface area contributed by atoms with Crippen molar-refractivity contribution in [3.63, 3.8) is 0 Å². The van der Waals surface area contributed by atoms with Crippen molar-refractivity contribution < 1.29 is 19.1 Å². The van der Waals surface area contributed by atoms with Gasteiger partial charge in [-0.1, -0.05) is 19.7 Å². The molecule has 0 rings (SSSR count). The zero-order valence-corrected chi connectivity index (χ0v) is 7.49. The van der Waals surface area contributed by atoms with Crippen LogP contribution in [0.4, 0.5) is 0 Å². The molecule has 0 aliphatic carbocycles. The third kappa shape index (κ3) is 17.8. The van der Waals surface area contributed by atoms with Crippen molar-refractivity contribution in [2.75, 3.05) is 0 Å². The first-order valence-electron chi connectivity index (χ1n) is 3.30. The maximum atomic E-state index is 10.0. The van der Waals surface area contributed by atoms with Crippen LogP contribution in [-0.2, 0) is 19.1 Å². The Labute approximate surface area is 77.1 Å². The molecule has 4 heteroatoms. The van der Waals surface area contributed by atoms with Crippen molar-refractivity contribution in [2.45, 2.75) is 6.92 Å². The standard InChI is InChI=1S/C5H6O2.C4H6O2/c1-3-5(6)7-4-2;1-3-6-4(2)5/h3-4H,1-2H2;3H,1H2,2H3. The lowest BCUT2D eigenvalue weighted by atomic mass is 10.7. The molecule has 0 spiro atoms. The van der Waals surface area contributed by atoms with Crippen LogP contribution in [0, 0.1) is 0 Å². The number of esters is 2. The summed E-state index contributed by atoms with van der Waals surface area (Å²) >= 11 is 0. The van der Waals surface area contributed by atoms with Crippen LogP contribution in [0.2, 0.25) is 0 Å². The highest BCUT2D eigenvalue weighted by Gasteiger charge is 1.84. The van der Waals surface area contributed by atoms with Crippen LogP contribution in [0.15, 0.2) is 38.3 Å². The summed E-state index contributed by atoms with van der Waals surface area (Å²) in [7, 11) is 0. The minimum absolute atomic E-state index is 0.329. The Morgan fingerprint density at radius 2 is 1.54 bits per heavy atom. The number of carbonyl (C=O) groups is 2. The van der Waals surface area contributed by atoms with Gasteiger partial charge in [-0.3, -0.25) is 4.79 Å². The van der Waals surface area contributed by atoms with Crippen molar-refractivity contribution >= 4 is 11.9 Å². The summed E-state index contributed by atoms with van der Waals surface area (Å²) in [5.74, 6) is -0.806. The number of hydrogen-bond acceptors (Lipinski definition) is 4. The first-order chi connectivity index (χ1) is 6.08. The summed E-state index contributed by atoms with van der Waals surface area (Å²) < 4.78 is 8.36. The molecule has 0 aliphatic rings. The van der Waals surface area contributed by atoms with Crippen molar-refractivity contribution in [1.29, 1.82) is 0 Å². The average Bonchev–Trinajstić information content (AvgIpc) is 2.05. The van der Waals surface area contributed by atoms with E-state index in [1.807, 2.05) is 0 Å². The van der Waals surface area contributed by atoms with E-state index in [0.717, 1.165) is 18.6 Å². The molecular weight excluding hydrogens is 172 g/mol. The lowest BCUT2D eigenvalue weighted by Crippen LogP contribution is -1.90. The van der Waals surface area contributed by atoms with Gasteiger partial charge in [0, 0.05) is 13.0 Å². The van der Waals surface area contributed by atoms with E-state index in [0.29, 0.717) is 0 Å². The highest BCUT2D eigenvalue weighted by molar-refractivity contribution is 5.81. The van der Waals surface area contributed by atoms with Gasteiger partial charge in [0.2, 0.25) is 0 Å². The van der Waals surface area contributed by atoms with E-state index >= 15 is 0 Å². The number of carbonyl (C=O) groups excluding carboxylic acids is 2. The fourth-order valence-electron chi connectivity index (χ4n) is 0.248. The van der Waals surface area contributed by atoms with Gasteiger partial charge < -0.3 is 9.47 Å². The van der Waals surface area contributed by atoms with Crippen molar-refractivity contribution in [2.24, 2.45) is 0 Å². The highest BCUT2D eigenvalue weighted by atomic mass is 16.5. The summed E-state index contributed by atoms with van der Waals surface area (Å²) in [6, 6.07) is 0. The van der Waals surface area contributed by atoms with Gasteiger partial charge in [0.25, 0.3) is 0 Å². The summed E-state index contributed by atoms with van der Waals surface area (Å²) in [6.07, 6.45) is 3.23. The highest BCUT2D eigenvalue weighted by Crippen LogP contribution is 1.75. The van der Waals surface area contributed by atoms with E-state index in [2.05, 4.69) is 29.2 Å². The predicted octanol–water partition coefficient (Wildman–Crippen LogP) is 1.55. The minimum atomic E-state index is -0.477. The Balaban J connectivity index is 0. The van der Waals surface area contributed by atoms with Crippen LogP contribution < -0.4 is 0 Å². The van der Waals surface area contributed by atoms with Gasteiger partial charge >= 0.3 is 11.9 Å². The molecule has 0 aromatic rings. The smallest absolute Gasteiger partial charge is 0.334 e. The fourth-order valence-corrected chi connectivity index (χ4v) is 0.248. The second-order valence-electron chi connectivity index (χ2n) is 1.58. The molecule has 0 bridgehead atoms. The fraction of sp³-hybridized carbons (Fsp3) is 0.111. The average molecular weight is 184 g/mol. The molecule has 0 aromatic carbocycles. The molecule has 0 unspecified atom stereocenters. The van der Waals surface area contributed by atoms with Gasteiger partial charge in [-0.25, -0.2) is 4.79 Å². The van der Waals surface area contributed by atoms with E-state index in [9.17, 15) is 9.59 Å². The van der Waals surface area contributed by atoms with Gasteiger partial charge in [-0.05, 0) is 0 Å². The first kappa shape index (κ1) is 13.7. The van der Waals surface area contributed by atoms with Gasteiger partial charge in [-0.2, -0.15) is 0 Å². The minimum Gasteiger partial charge on any atom is -0.435 e. The number of hydrogen-bond donors (Lipinski definition) is 0. The van der Waals surface area contributed by atoms with Crippen molar-refractivity contribution in [1.82, 2.24) is 0 Å². The van der Waals surface area contributed by atoms with E-state index in [1.54, 1.807) is 0 Å². The predicted molar refractivity (Wildman–Crippen MR) is 48.4 cm³/mol. The molecule has 0 aliphatic heterocycles. The zero-order valence-electron chi connectivity index (χ0n) is 7.49. The molecule has 72 valence electrons. The van der Waals surface area contributed by atoms with E-state index < -0.39 is 5.97 Å². The van der Waals surface area contributed by atoms with Gasteiger partial charge in [0.05, 0.1) is 12.5 Å². The lowest BCUT2D eigenvalue weighted by Gasteiger charge is -1.85. The van der Waals surface area contributed by atoms with E-state index in [4.69, 9.17) is 0 Å². The molecule has 0 atom stereocenters. The van der Waals surface area contributed by atoms with Gasteiger partial charge in [0.1, 0.15) is 0 Å². The maximum absolute atomic E-state index is 10.0. The number of ether oxygens (including phenoxy) is 2. The van der Waals surface area contributed by atoms with Crippen LogP contribution in [-0.4, -0.2) is 11.9 Å². The molecule has 13 heavy (non-hydrogen) atoms. The molecule has 0 aromatic heterocycles. The summed E-state index contributed by atoms with van der Waals surface area (Å²) in [6.45, 7) is 10.8. The third-order valence-corrected chi connectivity index (χ3v) is 0.615. The van der Waals surface area contributed by atoms with Crippen LogP contribution in [0.3, 0.4) is 0 Å². The first-order valence-corrected chi connectivity index (χ1v) is 3.30. The Hall–Kier alpha value is -1.84. The summed E-state index contributed by atoms with van der Waals surface area (Å²) in [4.78, 5) is 19.8. The normalized spacial score (nSPS) is 6.85. The number of rotatable bonds is 3. The summed E-state index contributed by atoms with van der Waals surface area (Å²) in [5.41, 5.74) is 0. The zero-order chi connectivity index (χ0) is 10.7. The molecule has 0 saturated carbocycles. The molecule has 0 fully saturated rings. The second-order valence-corrected chi connectivity index (χ2v) is 1.58. The third-order valence-electron chi connectivity index (χ3n) is 0.615. The Morgan fingerprint density at radius 1 is 1.08 bits per heavy atom. The Morgan fingerprint density at radius 3 is 1.62 bits per heavy atom. The molecule has 0 N–H and O–H groups in total. The van der Waals surface area contributed by atoms with Crippen molar-refractivity contribution in [3.05, 3.63) is 38.3 Å². The molecule has 0 saturated heterocycles. The monoisotopic (exact) mass is 184 g/mol. The maximum Gasteiger partial charge on any atom is 0.334 e.